The van der Waals surface area contributed by atoms with Crippen LogP contribution in [0, 0.1) is 33.8 Å². The van der Waals surface area contributed by atoms with E-state index < -0.39 is 23.1 Å². The number of halogens is 2. The van der Waals surface area contributed by atoms with Crippen molar-refractivity contribution in [3.05, 3.63) is 59.6 Å². The van der Waals surface area contributed by atoms with Crippen LogP contribution in [0.1, 0.15) is 43.0 Å². The number of hydrogen-bond donors (Lipinski definition) is 0. The number of fused-ring (bicyclic) bond motifs is 1. The number of carbonyl (C=O) groups is 1. The number of carbonyl (C=O) groups excluding carboxylic acids is 1. The molecule has 3 heterocycles. The minimum atomic E-state index is -0.661. The van der Waals surface area contributed by atoms with E-state index in [0.717, 1.165) is 36.2 Å². The van der Waals surface area contributed by atoms with E-state index >= 15 is 0 Å². The van der Waals surface area contributed by atoms with Gasteiger partial charge in [0.2, 0.25) is 5.91 Å². The van der Waals surface area contributed by atoms with E-state index in [-0.39, 0.29) is 11.3 Å². The Morgan fingerprint density at radius 3 is 2.62 bits per heavy atom. The summed E-state index contributed by atoms with van der Waals surface area (Å²) in [6.07, 6.45) is 7.67. The van der Waals surface area contributed by atoms with Gasteiger partial charge in [0.05, 0.1) is 29.4 Å². The number of amides is 1. The maximum atomic E-state index is 13.7. The Hall–Kier alpha value is -3.67. The van der Waals surface area contributed by atoms with E-state index in [4.69, 9.17) is 5.26 Å². The molecule has 0 radical (unpaired) electrons. The summed E-state index contributed by atoms with van der Waals surface area (Å²) in [5.74, 6) is -1.40. The van der Waals surface area contributed by atoms with Gasteiger partial charge in [-0.2, -0.15) is 15.5 Å². The van der Waals surface area contributed by atoms with Crippen LogP contribution < -0.4 is 0 Å². The maximum Gasteiger partial charge on any atom is 0.249 e. The molecular formula is C23H18F2N6O. The highest BCUT2D eigenvalue weighted by Gasteiger charge is 2.72. The molecule has 0 saturated heterocycles. The maximum absolute atomic E-state index is 13.7. The molecular weight excluding hydrogens is 414 g/mol. The lowest BCUT2D eigenvalue weighted by Gasteiger charge is -2.69. The molecule has 0 N–H and O–H groups in total. The van der Waals surface area contributed by atoms with Gasteiger partial charge in [0.15, 0.2) is 0 Å². The molecule has 1 aliphatic heterocycles. The van der Waals surface area contributed by atoms with Crippen LogP contribution in [0.15, 0.2) is 41.8 Å². The third kappa shape index (κ3) is 2.68. The molecule has 3 saturated carbocycles. The van der Waals surface area contributed by atoms with Crippen LogP contribution in [-0.4, -0.2) is 31.9 Å². The van der Waals surface area contributed by atoms with Crippen LogP contribution in [0.4, 0.5) is 8.78 Å². The average Bonchev–Trinajstić information content (AvgIpc) is 3.35. The van der Waals surface area contributed by atoms with Gasteiger partial charge in [0, 0.05) is 30.6 Å². The Bertz CT molecular complexity index is 1320. The van der Waals surface area contributed by atoms with E-state index in [2.05, 4.69) is 15.2 Å². The molecule has 2 aromatic heterocycles. The van der Waals surface area contributed by atoms with Crippen LogP contribution in [0.2, 0.25) is 0 Å². The number of hydrazone groups is 1. The normalized spacial score (nSPS) is 27.8. The standard InChI is InChI=1S/C23H18F2N6O/c24-16-3-14(4-17(25)6-16)19-1-2-28-31(19)21(32)23-10-22(11-23,12-23)13-30-20-9-27-18(7-26)5-15(20)8-29-30/h2-6,8-9,19H,1,10-13H2. The molecule has 3 fully saturated rings. The van der Waals surface area contributed by atoms with Gasteiger partial charge in [-0.1, -0.05) is 0 Å². The van der Waals surface area contributed by atoms with Gasteiger partial charge in [-0.15, -0.1) is 0 Å². The van der Waals surface area contributed by atoms with Crippen LogP contribution >= 0.6 is 0 Å². The fraction of sp³-hybridized carbons (Fsp3) is 0.348. The van der Waals surface area contributed by atoms with Gasteiger partial charge < -0.3 is 0 Å². The lowest BCUT2D eigenvalue weighted by atomic mass is 9.34. The first-order valence-electron chi connectivity index (χ1n) is 10.4. The van der Waals surface area contributed by atoms with Crippen molar-refractivity contribution in [1.29, 1.82) is 5.26 Å². The molecule has 3 aromatic rings. The Kier molecular flexibility index (Phi) is 3.82. The summed E-state index contributed by atoms with van der Waals surface area (Å²) in [5.41, 5.74) is 1.19. The molecule has 160 valence electrons. The topological polar surface area (TPSA) is 87.2 Å². The third-order valence-electron chi connectivity index (χ3n) is 7.03. The van der Waals surface area contributed by atoms with Crippen molar-refractivity contribution < 1.29 is 13.6 Å². The SMILES string of the molecule is N#Cc1cc2cnn(CC34CC(C(=O)N5N=CCC5c5cc(F)cc(F)c5)(C3)C4)c2cn1. The zero-order valence-corrected chi connectivity index (χ0v) is 17.0. The van der Waals surface area contributed by atoms with Crippen LogP contribution in [-0.2, 0) is 11.3 Å². The van der Waals surface area contributed by atoms with E-state index in [0.29, 0.717) is 24.2 Å². The van der Waals surface area contributed by atoms with Gasteiger partial charge in [0.25, 0.3) is 0 Å². The number of pyridine rings is 1. The molecule has 0 spiro atoms. The summed E-state index contributed by atoms with van der Waals surface area (Å²) in [6.45, 7) is 0.681. The smallest absolute Gasteiger partial charge is 0.249 e. The van der Waals surface area contributed by atoms with Gasteiger partial charge in [-0.25, -0.2) is 18.8 Å². The minimum absolute atomic E-state index is 0.00636. The Balaban J connectivity index is 1.17. The largest absolute Gasteiger partial charge is 0.272 e. The van der Waals surface area contributed by atoms with Gasteiger partial charge in [-0.05, 0) is 48.4 Å². The average molecular weight is 432 g/mol. The Morgan fingerprint density at radius 2 is 1.91 bits per heavy atom. The monoisotopic (exact) mass is 432 g/mol. The van der Waals surface area contributed by atoms with E-state index in [1.54, 1.807) is 24.7 Å². The Labute approximate surface area is 182 Å². The van der Waals surface area contributed by atoms with E-state index in [1.165, 1.54) is 17.1 Å². The van der Waals surface area contributed by atoms with Gasteiger partial charge >= 0.3 is 0 Å². The molecule has 1 amide bonds. The highest BCUT2D eigenvalue weighted by molar-refractivity contribution is 5.88. The number of hydrogen-bond acceptors (Lipinski definition) is 5. The lowest BCUT2D eigenvalue weighted by molar-refractivity contribution is -0.223. The first kappa shape index (κ1) is 19.0. The highest BCUT2D eigenvalue weighted by atomic mass is 19.1. The first-order chi connectivity index (χ1) is 15.4. The molecule has 1 unspecified atom stereocenters. The van der Waals surface area contributed by atoms with Crippen molar-refractivity contribution in [2.24, 2.45) is 15.9 Å². The quantitative estimate of drug-likeness (QED) is 0.629. The number of rotatable bonds is 4. The van der Waals surface area contributed by atoms with Crippen molar-refractivity contribution in [3.63, 3.8) is 0 Å². The van der Waals surface area contributed by atoms with Crippen LogP contribution in [0.25, 0.3) is 10.9 Å². The molecule has 7 nitrogen and oxygen atoms in total. The second-order valence-electron chi connectivity index (χ2n) is 9.26. The molecule has 7 rings (SSSR count). The predicted molar refractivity (Wildman–Crippen MR) is 110 cm³/mol. The van der Waals surface area contributed by atoms with Crippen molar-refractivity contribution in [2.75, 3.05) is 0 Å². The second kappa shape index (κ2) is 6.42. The zero-order chi connectivity index (χ0) is 22.1. The number of benzene rings is 1. The highest BCUT2D eigenvalue weighted by Crippen LogP contribution is 2.74. The molecule has 1 atom stereocenters. The molecule has 4 aliphatic rings. The minimum Gasteiger partial charge on any atom is -0.272 e. The summed E-state index contributed by atoms with van der Waals surface area (Å²) in [7, 11) is 0. The summed E-state index contributed by atoms with van der Waals surface area (Å²) >= 11 is 0. The first-order valence-corrected chi connectivity index (χ1v) is 10.4. The van der Waals surface area contributed by atoms with Gasteiger partial charge in [0.1, 0.15) is 23.4 Å². The van der Waals surface area contributed by atoms with Gasteiger partial charge in [-0.3, -0.25) is 9.48 Å². The van der Waals surface area contributed by atoms with Crippen molar-refractivity contribution in [1.82, 2.24) is 19.8 Å². The van der Waals surface area contributed by atoms with E-state index in [9.17, 15) is 13.6 Å². The number of aromatic nitrogens is 3. The van der Waals surface area contributed by atoms with E-state index in [1.807, 2.05) is 10.8 Å². The molecule has 9 heteroatoms. The van der Waals surface area contributed by atoms with Crippen molar-refractivity contribution >= 4 is 23.0 Å². The van der Waals surface area contributed by atoms with Crippen molar-refractivity contribution in [3.8, 4) is 6.07 Å². The van der Waals surface area contributed by atoms with Crippen molar-refractivity contribution in [2.45, 2.75) is 38.3 Å². The third-order valence-corrected chi connectivity index (χ3v) is 7.03. The summed E-state index contributed by atoms with van der Waals surface area (Å²) in [6, 6.07) is 6.62. The van der Waals surface area contributed by atoms with Crippen LogP contribution in [0.5, 0.6) is 0 Å². The second-order valence-corrected chi connectivity index (χ2v) is 9.26. The number of nitriles is 1. The summed E-state index contributed by atoms with van der Waals surface area (Å²) in [4.78, 5) is 17.5. The summed E-state index contributed by atoms with van der Waals surface area (Å²) in [5, 5.41) is 20.0. The number of nitrogens with zero attached hydrogens (tertiary/aromatic N) is 6. The zero-order valence-electron chi connectivity index (χ0n) is 17.0. The Morgan fingerprint density at radius 1 is 1.16 bits per heavy atom. The van der Waals surface area contributed by atoms with Crippen LogP contribution in [0.3, 0.4) is 0 Å². The fourth-order valence-corrected chi connectivity index (χ4v) is 5.77. The summed E-state index contributed by atoms with van der Waals surface area (Å²) < 4.78 is 29.3. The predicted octanol–water partition coefficient (Wildman–Crippen LogP) is 3.71. The lowest BCUT2D eigenvalue weighted by Crippen LogP contribution is -2.68. The molecule has 2 bridgehead atoms. The molecule has 3 aliphatic carbocycles. The molecule has 32 heavy (non-hydrogen) atoms. The molecule has 1 aromatic carbocycles. The fourth-order valence-electron chi connectivity index (χ4n) is 5.77.